The third kappa shape index (κ3) is 2.15. The minimum atomic E-state index is -0.431. The molecule has 1 aliphatic heterocycles. The molecule has 0 atom stereocenters. The van der Waals surface area contributed by atoms with Crippen molar-refractivity contribution in [2.45, 2.75) is 0 Å². The average molecular weight is 279 g/mol. The van der Waals surface area contributed by atoms with Gasteiger partial charge in [0.1, 0.15) is 6.07 Å². The number of nitrogen functional groups attached to an aromatic ring is 1. The van der Waals surface area contributed by atoms with Gasteiger partial charge in [-0.25, -0.2) is 4.98 Å². The highest BCUT2D eigenvalue weighted by atomic mass is 16.2. The van der Waals surface area contributed by atoms with Crippen molar-refractivity contribution in [3.8, 4) is 6.07 Å². The Morgan fingerprint density at radius 1 is 1.19 bits per heavy atom. The number of imide groups is 1. The van der Waals surface area contributed by atoms with Gasteiger partial charge >= 0.3 is 0 Å². The summed E-state index contributed by atoms with van der Waals surface area (Å²) in [4.78, 5) is 27.1. The van der Waals surface area contributed by atoms with E-state index in [1.807, 2.05) is 6.07 Å². The summed E-state index contributed by atoms with van der Waals surface area (Å²) in [5.74, 6) is -0.462. The van der Waals surface area contributed by atoms with E-state index >= 15 is 0 Å². The fourth-order valence-corrected chi connectivity index (χ4v) is 2.03. The number of amides is 2. The second-order valence-electron chi connectivity index (χ2n) is 4.44. The topological polar surface area (TPSA) is 121 Å². The maximum atomic E-state index is 11.6. The molecule has 1 aromatic carbocycles. The predicted molar refractivity (Wildman–Crippen MR) is 74.9 cm³/mol. The van der Waals surface area contributed by atoms with Crippen LogP contribution in [-0.4, -0.2) is 16.8 Å². The number of nitrogens with one attached hydrogen (secondary N) is 2. The molecule has 21 heavy (non-hydrogen) atoms. The zero-order valence-electron chi connectivity index (χ0n) is 10.7. The minimum absolute atomic E-state index is 0.303. The van der Waals surface area contributed by atoms with Crippen LogP contribution in [0.4, 0.5) is 17.2 Å². The zero-order valence-corrected chi connectivity index (χ0v) is 10.7. The zero-order chi connectivity index (χ0) is 15.0. The summed E-state index contributed by atoms with van der Waals surface area (Å²) in [7, 11) is 0. The molecule has 2 heterocycles. The first-order chi connectivity index (χ1) is 10.1. The van der Waals surface area contributed by atoms with E-state index in [4.69, 9.17) is 11.0 Å². The Hall–Kier alpha value is -3.40. The molecule has 4 N–H and O–H groups in total. The van der Waals surface area contributed by atoms with Crippen LogP contribution in [0.1, 0.15) is 26.3 Å². The number of anilines is 3. The SMILES string of the molecule is N#Cc1cnc(Nc2ccc3c(c2)C(=O)NC3=O)c(N)c1. The van der Waals surface area contributed by atoms with Crippen LogP contribution >= 0.6 is 0 Å². The van der Waals surface area contributed by atoms with Gasteiger partial charge in [-0.15, -0.1) is 0 Å². The standard InChI is InChI=1S/C14H9N5O2/c15-5-7-3-11(16)12(17-6-7)18-8-1-2-9-10(4-8)14(21)19-13(9)20/h1-4,6H,16H2,(H,17,18)(H,19,20,21). The summed E-state index contributed by atoms with van der Waals surface area (Å²) in [6.45, 7) is 0. The molecular weight excluding hydrogens is 270 g/mol. The Morgan fingerprint density at radius 3 is 2.67 bits per heavy atom. The molecule has 0 bridgehead atoms. The lowest BCUT2D eigenvalue weighted by Crippen LogP contribution is -2.19. The van der Waals surface area contributed by atoms with Gasteiger partial charge in [-0.2, -0.15) is 5.26 Å². The van der Waals surface area contributed by atoms with E-state index in [2.05, 4.69) is 15.6 Å². The number of benzene rings is 1. The van der Waals surface area contributed by atoms with Crippen molar-refractivity contribution in [2.24, 2.45) is 0 Å². The number of hydrogen-bond acceptors (Lipinski definition) is 6. The van der Waals surface area contributed by atoms with Gasteiger partial charge < -0.3 is 11.1 Å². The monoisotopic (exact) mass is 279 g/mol. The van der Waals surface area contributed by atoms with Crippen molar-refractivity contribution in [3.63, 3.8) is 0 Å². The molecule has 2 aromatic rings. The maximum Gasteiger partial charge on any atom is 0.259 e. The highest BCUT2D eigenvalue weighted by Gasteiger charge is 2.26. The predicted octanol–water partition coefficient (Wildman–Crippen LogP) is 1.16. The number of nitrogens with zero attached hydrogens (tertiary/aromatic N) is 2. The molecule has 2 amide bonds. The van der Waals surface area contributed by atoms with Gasteiger partial charge in [0.25, 0.3) is 11.8 Å². The molecular formula is C14H9N5O2. The highest BCUT2D eigenvalue weighted by Crippen LogP contribution is 2.25. The Labute approximate surface area is 119 Å². The highest BCUT2D eigenvalue weighted by molar-refractivity contribution is 6.21. The number of nitriles is 1. The molecule has 3 rings (SSSR count). The maximum absolute atomic E-state index is 11.6. The molecule has 1 aliphatic rings. The average Bonchev–Trinajstić information content (AvgIpc) is 2.76. The molecule has 0 aliphatic carbocycles. The van der Waals surface area contributed by atoms with Crippen molar-refractivity contribution < 1.29 is 9.59 Å². The molecule has 1 aromatic heterocycles. The van der Waals surface area contributed by atoms with Crippen LogP contribution < -0.4 is 16.4 Å². The van der Waals surface area contributed by atoms with Crippen LogP contribution in [0.5, 0.6) is 0 Å². The lowest BCUT2D eigenvalue weighted by Gasteiger charge is -2.09. The molecule has 0 spiro atoms. The first-order valence-corrected chi connectivity index (χ1v) is 6.01. The van der Waals surface area contributed by atoms with Gasteiger partial charge in [0.15, 0.2) is 5.82 Å². The number of aromatic nitrogens is 1. The summed E-state index contributed by atoms with van der Waals surface area (Å²) >= 11 is 0. The van der Waals surface area contributed by atoms with Gasteiger partial charge in [0.2, 0.25) is 0 Å². The first kappa shape index (κ1) is 12.6. The van der Waals surface area contributed by atoms with Crippen molar-refractivity contribution in [1.82, 2.24) is 10.3 Å². The van der Waals surface area contributed by atoms with Crippen molar-refractivity contribution in [3.05, 3.63) is 47.2 Å². The van der Waals surface area contributed by atoms with Crippen LogP contribution in [0, 0.1) is 11.3 Å². The van der Waals surface area contributed by atoms with Crippen molar-refractivity contribution in [2.75, 3.05) is 11.1 Å². The lowest BCUT2D eigenvalue weighted by atomic mass is 10.1. The van der Waals surface area contributed by atoms with Gasteiger partial charge in [-0.1, -0.05) is 0 Å². The Kier molecular flexibility index (Phi) is 2.77. The van der Waals surface area contributed by atoms with E-state index in [1.165, 1.54) is 12.3 Å². The van der Waals surface area contributed by atoms with Crippen LogP contribution in [-0.2, 0) is 0 Å². The van der Waals surface area contributed by atoms with Crippen molar-refractivity contribution in [1.29, 1.82) is 5.26 Å². The molecule has 0 radical (unpaired) electrons. The van der Waals surface area contributed by atoms with Crippen molar-refractivity contribution >= 4 is 29.0 Å². The second-order valence-corrected chi connectivity index (χ2v) is 4.44. The molecule has 0 unspecified atom stereocenters. The van der Waals surface area contributed by atoms with E-state index in [9.17, 15) is 9.59 Å². The number of nitrogens with two attached hydrogens (primary N) is 1. The lowest BCUT2D eigenvalue weighted by molar-refractivity contribution is 0.0879. The molecule has 0 saturated heterocycles. The van der Waals surface area contributed by atoms with E-state index in [0.29, 0.717) is 33.9 Å². The number of fused-ring (bicyclic) bond motifs is 1. The van der Waals surface area contributed by atoms with Gasteiger partial charge in [-0.05, 0) is 24.3 Å². The first-order valence-electron chi connectivity index (χ1n) is 6.01. The summed E-state index contributed by atoms with van der Waals surface area (Å²) in [5.41, 5.74) is 7.68. The molecule has 0 saturated carbocycles. The van der Waals surface area contributed by atoms with E-state index in [-0.39, 0.29) is 0 Å². The van der Waals surface area contributed by atoms with Crippen LogP contribution in [0.25, 0.3) is 0 Å². The molecule has 0 fully saturated rings. The van der Waals surface area contributed by atoms with Gasteiger partial charge in [0, 0.05) is 11.9 Å². The fraction of sp³-hybridized carbons (Fsp3) is 0. The Balaban J connectivity index is 1.93. The number of rotatable bonds is 2. The number of carbonyl (C=O) groups excluding carboxylic acids is 2. The van der Waals surface area contributed by atoms with Crippen LogP contribution in [0.15, 0.2) is 30.5 Å². The van der Waals surface area contributed by atoms with Crippen LogP contribution in [0.3, 0.4) is 0 Å². The second kappa shape index (κ2) is 4.61. The Bertz CT molecular complexity index is 823. The smallest absolute Gasteiger partial charge is 0.259 e. The van der Waals surface area contributed by atoms with Gasteiger partial charge in [0.05, 0.1) is 22.4 Å². The Morgan fingerprint density at radius 2 is 1.95 bits per heavy atom. The largest absolute Gasteiger partial charge is 0.396 e. The normalized spacial score (nSPS) is 12.5. The fourth-order valence-electron chi connectivity index (χ4n) is 2.03. The van der Waals surface area contributed by atoms with E-state index in [0.717, 1.165) is 0 Å². The van der Waals surface area contributed by atoms with Gasteiger partial charge in [-0.3, -0.25) is 14.9 Å². The van der Waals surface area contributed by atoms with E-state index in [1.54, 1.807) is 18.2 Å². The molecule has 7 nitrogen and oxygen atoms in total. The summed E-state index contributed by atoms with van der Waals surface area (Å²) in [6.07, 6.45) is 1.39. The molecule has 7 heteroatoms. The summed E-state index contributed by atoms with van der Waals surface area (Å²) in [6, 6.07) is 8.19. The number of carbonyl (C=O) groups is 2. The third-order valence-corrected chi connectivity index (χ3v) is 3.04. The molecule has 102 valence electrons. The minimum Gasteiger partial charge on any atom is -0.396 e. The third-order valence-electron chi connectivity index (χ3n) is 3.04. The number of pyridine rings is 1. The van der Waals surface area contributed by atoms with Crippen LogP contribution in [0.2, 0.25) is 0 Å². The summed E-state index contributed by atoms with van der Waals surface area (Å²) in [5, 5.41) is 13.9. The van der Waals surface area contributed by atoms with E-state index < -0.39 is 11.8 Å². The summed E-state index contributed by atoms with van der Waals surface area (Å²) < 4.78 is 0. The quantitative estimate of drug-likeness (QED) is 0.709. The number of hydrogen-bond donors (Lipinski definition) is 3.